The number of rotatable bonds is 5. The molecule has 0 spiro atoms. The van der Waals surface area contributed by atoms with Crippen molar-refractivity contribution in [1.29, 1.82) is 0 Å². The minimum absolute atomic E-state index is 0.126. The third-order valence-electron chi connectivity index (χ3n) is 3.22. The Morgan fingerprint density at radius 2 is 2.00 bits per heavy atom. The van der Waals surface area contributed by atoms with E-state index in [1.165, 1.54) is 12.1 Å². The Labute approximate surface area is 117 Å². The molecule has 2 aromatic rings. The molecule has 0 saturated carbocycles. The second-order valence-electron chi connectivity index (χ2n) is 4.75. The molecule has 106 valence electrons. The van der Waals surface area contributed by atoms with Gasteiger partial charge in [-0.3, -0.25) is 4.79 Å². The molecule has 1 heterocycles. The first-order valence-electron chi connectivity index (χ1n) is 6.64. The van der Waals surface area contributed by atoms with Crippen LogP contribution in [0.4, 0.5) is 4.39 Å². The monoisotopic (exact) mass is 275 g/mol. The Bertz CT molecular complexity index is 649. The molecule has 0 saturated heterocycles. The molecule has 0 fully saturated rings. The number of nitrogens with one attached hydrogen (secondary N) is 1. The highest BCUT2D eigenvalue weighted by Gasteiger charge is 2.05. The third-order valence-corrected chi connectivity index (χ3v) is 3.22. The number of halogens is 1. The lowest BCUT2D eigenvalue weighted by molar-refractivity contribution is 0.106. The molecule has 0 aliphatic carbocycles. The first-order chi connectivity index (χ1) is 9.60. The standard InChI is InChI=1S/C16H18FNO2/c1-3-13-8-14(16(19)18-11(13)2)10-20-9-12-5-4-6-15(17)7-12/h4-8H,3,9-10H2,1-2H3,(H,18,19). The summed E-state index contributed by atoms with van der Waals surface area (Å²) in [5.41, 5.74) is 3.23. The van der Waals surface area contributed by atoms with Gasteiger partial charge in [0.25, 0.3) is 5.56 Å². The predicted octanol–water partition coefficient (Wildman–Crippen LogP) is 3.10. The van der Waals surface area contributed by atoms with E-state index < -0.39 is 0 Å². The first-order valence-corrected chi connectivity index (χ1v) is 6.64. The zero-order valence-electron chi connectivity index (χ0n) is 11.7. The Morgan fingerprint density at radius 1 is 1.20 bits per heavy atom. The number of ether oxygens (including phenoxy) is 1. The van der Waals surface area contributed by atoms with E-state index in [4.69, 9.17) is 4.74 Å². The average molecular weight is 275 g/mol. The SMILES string of the molecule is CCc1cc(COCc2cccc(F)c2)c(=O)[nH]c1C. The van der Waals surface area contributed by atoms with E-state index in [0.717, 1.165) is 23.2 Å². The molecule has 0 aliphatic rings. The highest BCUT2D eigenvalue weighted by atomic mass is 19.1. The van der Waals surface area contributed by atoms with Crippen LogP contribution < -0.4 is 5.56 Å². The van der Waals surface area contributed by atoms with Gasteiger partial charge in [0.05, 0.1) is 13.2 Å². The zero-order chi connectivity index (χ0) is 14.5. The number of aromatic nitrogens is 1. The van der Waals surface area contributed by atoms with Crippen molar-refractivity contribution in [3.63, 3.8) is 0 Å². The summed E-state index contributed by atoms with van der Waals surface area (Å²) in [6.07, 6.45) is 0.861. The smallest absolute Gasteiger partial charge is 0.253 e. The summed E-state index contributed by atoms with van der Waals surface area (Å²) in [6, 6.07) is 8.13. The Hall–Kier alpha value is -1.94. The fourth-order valence-electron chi connectivity index (χ4n) is 2.09. The molecule has 0 aliphatic heterocycles. The molecular weight excluding hydrogens is 257 g/mol. The molecule has 0 amide bonds. The van der Waals surface area contributed by atoms with Gasteiger partial charge in [0, 0.05) is 11.3 Å². The Kier molecular flexibility index (Phi) is 4.69. The fraction of sp³-hybridized carbons (Fsp3) is 0.312. The van der Waals surface area contributed by atoms with Gasteiger partial charge in [-0.2, -0.15) is 0 Å². The minimum Gasteiger partial charge on any atom is -0.372 e. The topological polar surface area (TPSA) is 42.1 Å². The van der Waals surface area contributed by atoms with Gasteiger partial charge in [-0.1, -0.05) is 19.1 Å². The van der Waals surface area contributed by atoms with Crippen molar-refractivity contribution in [2.24, 2.45) is 0 Å². The van der Waals surface area contributed by atoms with E-state index in [9.17, 15) is 9.18 Å². The molecule has 0 atom stereocenters. The van der Waals surface area contributed by atoms with Gasteiger partial charge in [-0.15, -0.1) is 0 Å². The number of hydrogen-bond donors (Lipinski definition) is 1. The van der Waals surface area contributed by atoms with E-state index in [1.54, 1.807) is 12.1 Å². The summed E-state index contributed by atoms with van der Waals surface area (Å²) in [4.78, 5) is 14.6. The largest absolute Gasteiger partial charge is 0.372 e. The highest BCUT2D eigenvalue weighted by Crippen LogP contribution is 2.09. The molecule has 1 aromatic carbocycles. The van der Waals surface area contributed by atoms with Crippen LogP contribution in [-0.2, 0) is 24.4 Å². The number of aryl methyl sites for hydroxylation is 2. The van der Waals surface area contributed by atoms with Gasteiger partial charge in [-0.05, 0) is 42.7 Å². The number of pyridine rings is 1. The van der Waals surface area contributed by atoms with Crippen LogP contribution in [-0.4, -0.2) is 4.98 Å². The van der Waals surface area contributed by atoms with E-state index in [1.807, 2.05) is 19.9 Å². The van der Waals surface area contributed by atoms with Gasteiger partial charge in [-0.25, -0.2) is 4.39 Å². The molecule has 3 nitrogen and oxygen atoms in total. The van der Waals surface area contributed by atoms with Crippen LogP contribution in [0.15, 0.2) is 35.1 Å². The lowest BCUT2D eigenvalue weighted by atomic mass is 10.1. The number of benzene rings is 1. The molecule has 0 bridgehead atoms. The molecule has 4 heteroatoms. The molecule has 1 N–H and O–H groups in total. The van der Waals surface area contributed by atoms with Crippen LogP contribution in [0, 0.1) is 12.7 Å². The molecule has 0 radical (unpaired) electrons. The van der Waals surface area contributed by atoms with Crippen LogP contribution in [0.1, 0.15) is 29.3 Å². The minimum atomic E-state index is -0.285. The van der Waals surface area contributed by atoms with E-state index in [-0.39, 0.29) is 24.6 Å². The van der Waals surface area contributed by atoms with Gasteiger partial charge >= 0.3 is 0 Å². The summed E-state index contributed by atoms with van der Waals surface area (Å²) < 4.78 is 18.5. The average Bonchev–Trinajstić information content (AvgIpc) is 2.41. The van der Waals surface area contributed by atoms with Crippen molar-refractivity contribution >= 4 is 0 Å². The van der Waals surface area contributed by atoms with Crippen LogP contribution in [0.2, 0.25) is 0 Å². The summed E-state index contributed by atoms with van der Waals surface area (Å²) in [6.45, 7) is 4.43. The quantitative estimate of drug-likeness (QED) is 0.911. The maximum absolute atomic E-state index is 13.0. The molecule has 20 heavy (non-hydrogen) atoms. The number of aromatic amines is 1. The maximum Gasteiger partial charge on any atom is 0.253 e. The maximum atomic E-state index is 13.0. The molecule has 1 aromatic heterocycles. The number of H-pyrrole nitrogens is 1. The second-order valence-corrected chi connectivity index (χ2v) is 4.75. The van der Waals surface area contributed by atoms with Crippen LogP contribution >= 0.6 is 0 Å². The highest BCUT2D eigenvalue weighted by molar-refractivity contribution is 5.24. The Morgan fingerprint density at radius 3 is 2.70 bits per heavy atom. The van der Waals surface area contributed by atoms with Gasteiger partial charge in [0.15, 0.2) is 0 Å². The third kappa shape index (κ3) is 3.54. The van der Waals surface area contributed by atoms with Crippen LogP contribution in [0.25, 0.3) is 0 Å². The predicted molar refractivity (Wildman–Crippen MR) is 76.1 cm³/mol. The molecule has 0 unspecified atom stereocenters. The van der Waals surface area contributed by atoms with Crippen molar-refractivity contribution in [2.75, 3.05) is 0 Å². The lowest BCUT2D eigenvalue weighted by Crippen LogP contribution is -2.16. The van der Waals surface area contributed by atoms with E-state index >= 15 is 0 Å². The van der Waals surface area contributed by atoms with Crippen LogP contribution in [0.3, 0.4) is 0 Å². The first kappa shape index (κ1) is 14.5. The summed E-state index contributed by atoms with van der Waals surface area (Å²) >= 11 is 0. The lowest BCUT2D eigenvalue weighted by Gasteiger charge is -2.08. The van der Waals surface area contributed by atoms with Gasteiger partial charge in [0.1, 0.15) is 5.82 Å². The Balaban J connectivity index is 2.02. The van der Waals surface area contributed by atoms with Crippen molar-refractivity contribution in [2.45, 2.75) is 33.5 Å². The van der Waals surface area contributed by atoms with Crippen LogP contribution in [0.5, 0.6) is 0 Å². The summed E-state index contributed by atoms with van der Waals surface area (Å²) in [7, 11) is 0. The van der Waals surface area contributed by atoms with Crippen molar-refractivity contribution < 1.29 is 9.13 Å². The second kappa shape index (κ2) is 6.48. The van der Waals surface area contributed by atoms with Crippen molar-refractivity contribution in [3.05, 3.63) is 68.9 Å². The van der Waals surface area contributed by atoms with E-state index in [2.05, 4.69) is 4.98 Å². The van der Waals surface area contributed by atoms with Crippen molar-refractivity contribution in [1.82, 2.24) is 4.98 Å². The molecule has 2 rings (SSSR count). The van der Waals surface area contributed by atoms with Gasteiger partial charge < -0.3 is 9.72 Å². The van der Waals surface area contributed by atoms with Gasteiger partial charge in [0.2, 0.25) is 0 Å². The normalized spacial score (nSPS) is 10.8. The van der Waals surface area contributed by atoms with Crippen molar-refractivity contribution in [3.8, 4) is 0 Å². The zero-order valence-corrected chi connectivity index (χ0v) is 11.7. The molecular formula is C16H18FNO2. The fourth-order valence-corrected chi connectivity index (χ4v) is 2.09. The summed E-state index contributed by atoms with van der Waals surface area (Å²) in [5.74, 6) is -0.285. The number of hydrogen-bond acceptors (Lipinski definition) is 2. The summed E-state index contributed by atoms with van der Waals surface area (Å²) in [5, 5.41) is 0. The van der Waals surface area contributed by atoms with E-state index in [0.29, 0.717) is 5.56 Å².